The van der Waals surface area contributed by atoms with E-state index in [1.807, 2.05) is 11.7 Å². The van der Waals surface area contributed by atoms with Crippen molar-refractivity contribution in [2.45, 2.75) is 33.6 Å². The summed E-state index contributed by atoms with van der Waals surface area (Å²) in [5, 5.41) is 8.69. The summed E-state index contributed by atoms with van der Waals surface area (Å²) >= 11 is 0. The number of oxime groups is 1. The predicted molar refractivity (Wildman–Crippen MR) is 93.8 cm³/mol. The van der Waals surface area contributed by atoms with E-state index in [2.05, 4.69) is 43.0 Å². The van der Waals surface area contributed by atoms with Gasteiger partial charge in [0.15, 0.2) is 5.82 Å². The lowest BCUT2D eigenvalue weighted by Gasteiger charge is -2.30. The third-order valence-electron chi connectivity index (χ3n) is 4.42. The van der Waals surface area contributed by atoms with Gasteiger partial charge in [0.05, 0.1) is 11.9 Å². The summed E-state index contributed by atoms with van der Waals surface area (Å²) in [6, 6.07) is 4.49. The van der Waals surface area contributed by atoms with E-state index in [0.717, 1.165) is 30.9 Å². The normalized spacial score (nSPS) is 14.4. The van der Waals surface area contributed by atoms with Crippen molar-refractivity contribution in [2.24, 2.45) is 12.2 Å². The van der Waals surface area contributed by atoms with Crippen molar-refractivity contribution in [3.05, 3.63) is 40.1 Å². The van der Waals surface area contributed by atoms with Gasteiger partial charge in [0.2, 0.25) is 0 Å². The standard InChI is InChI=1S/C18H24N4O/c1-12-9-13(2)17(14(3)10-12)22-8-6-7-15-16(11-19-23-5)21(4)20-18(15)22/h9-11H,6-8H2,1-5H3/b19-11-. The Bertz CT molecular complexity index is 738. The van der Waals surface area contributed by atoms with Gasteiger partial charge < -0.3 is 9.74 Å². The summed E-state index contributed by atoms with van der Waals surface area (Å²) < 4.78 is 1.89. The summed E-state index contributed by atoms with van der Waals surface area (Å²) in [6.07, 6.45) is 3.89. The van der Waals surface area contributed by atoms with Crippen LogP contribution >= 0.6 is 0 Å². The highest BCUT2D eigenvalue weighted by Crippen LogP contribution is 2.37. The number of hydrogen-bond donors (Lipinski definition) is 0. The van der Waals surface area contributed by atoms with Gasteiger partial charge in [-0.3, -0.25) is 4.68 Å². The first kappa shape index (κ1) is 15.6. The van der Waals surface area contributed by atoms with Crippen LogP contribution in [0.1, 0.15) is 34.4 Å². The molecule has 122 valence electrons. The van der Waals surface area contributed by atoms with Crippen molar-refractivity contribution in [3.63, 3.8) is 0 Å². The molecular formula is C18H24N4O. The Morgan fingerprint density at radius 3 is 2.57 bits per heavy atom. The molecule has 1 aliphatic heterocycles. The van der Waals surface area contributed by atoms with Crippen LogP contribution in [0.4, 0.5) is 11.5 Å². The van der Waals surface area contributed by atoms with Crippen molar-refractivity contribution >= 4 is 17.7 Å². The number of benzene rings is 1. The van der Waals surface area contributed by atoms with Crippen LogP contribution in [-0.2, 0) is 18.3 Å². The average Bonchev–Trinajstić information content (AvgIpc) is 2.80. The lowest BCUT2D eigenvalue weighted by molar-refractivity contribution is 0.215. The number of rotatable bonds is 3. The minimum absolute atomic E-state index is 0.996. The second-order valence-electron chi connectivity index (χ2n) is 6.23. The van der Waals surface area contributed by atoms with Crippen LogP contribution in [0, 0.1) is 20.8 Å². The molecule has 1 aliphatic rings. The number of nitrogens with zero attached hydrogens (tertiary/aromatic N) is 4. The highest BCUT2D eigenvalue weighted by molar-refractivity contribution is 5.84. The second kappa shape index (κ2) is 6.07. The fourth-order valence-corrected chi connectivity index (χ4v) is 3.62. The Morgan fingerprint density at radius 1 is 1.22 bits per heavy atom. The molecule has 0 amide bonds. The van der Waals surface area contributed by atoms with Crippen LogP contribution in [0.25, 0.3) is 0 Å². The molecule has 0 radical (unpaired) electrons. The highest BCUT2D eigenvalue weighted by atomic mass is 16.6. The van der Waals surface area contributed by atoms with Gasteiger partial charge in [-0.1, -0.05) is 22.9 Å². The summed E-state index contributed by atoms with van der Waals surface area (Å²) in [5.74, 6) is 1.05. The molecule has 1 aromatic carbocycles. The zero-order valence-electron chi connectivity index (χ0n) is 14.6. The Balaban J connectivity index is 2.12. The second-order valence-corrected chi connectivity index (χ2v) is 6.23. The van der Waals surface area contributed by atoms with Gasteiger partial charge in [-0.15, -0.1) is 0 Å². The summed E-state index contributed by atoms with van der Waals surface area (Å²) in [5.41, 5.74) is 7.45. The molecule has 0 unspecified atom stereocenters. The van der Waals surface area contributed by atoms with E-state index in [9.17, 15) is 0 Å². The predicted octanol–water partition coefficient (Wildman–Crippen LogP) is 3.41. The van der Waals surface area contributed by atoms with Crippen molar-refractivity contribution in [1.82, 2.24) is 9.78 Å². The fourth-order valence-electron chi connectivity index (χ4n) is 3.62. The Hall–Kier alpha value is -2.30. The van der Waals surface area contributed by atoms with E-state index in [1.165, 1.54) is 27.9 Å². The van der Waals surface area contributed by atoms with Crippen LogP contribution in [0.2, 0.25) is 0 Å². The SMILES string of the molecule is CO/N=C\c1c2c(nn1C)N(c1c(C)cc(C)cc1C)CCC2. The molecule has 1 aromatic heterocycles. The Kier molecular flexibility index (Phi) is 4.11. The van der Waals surface area contributed by atoms with E-state index >= 15 is 0 Å². The molecule has 0 aliphatic carbocycles. The topological polar surface area (TPSA) is 42.7 Å². The van der Waals surface area contributed by atoms with E-state index in [4.69, 9.17) is 9.94 Å². The van der Waals surface area contributed by atoms with Gasteiger partial charge in [-0.2, -0.15) is 5.10 Å². The molecule has 0 saturated heterocycles. The maximum atomic E-state index is 4.84. The smallest absolute Gasteiger partial charge is 0.158 e. The van der Waals surface area contributed by atoms with Crippen LogP contribution in [0.5, 0.6) is 0 Å². The molecule has 0 bridgehead atoms. The number of fused-ring (bicyclic) bond motifs is 1. The zero-order valence-corrected chi connectivity index (χ0v) is 14.6. The zero-order chi connectivity index (χ0) is 16.6. The minimum atomic E-state index is 0.996. The molecular weight excluding hydrogens is 288 g/mol. The third-order valence-corrected chi connectivity index (χ3v) is 4.42. The maximum Gasteiger partial charge on any atom is 0.158 e. The molecule has 3 rings (SSSR count). The largest absolute Gasteiger partial charge is 0.399 e. The number of aromatic nitrogens is 2. The number of hydrogen-bond acceptors (Lipinski definition) is 4. The molecule has 0 saturated carbocycles. The van der Waals surface area contributed by atoms with Gasteiger partial charge in [-0.05, 0) is 44.7 Å². The van der Waals surface area contributed by atoms with E-state index in [0.29, 0.717) is 0 Å². The molecule has 0 spiro atoms. The quantitative estimate of drug-likeness (QED) is 0.644. The summed E-state index contributed by atoms with van der Waals surface area (Å²) in [6.45, 7) is 7.50. The van der Waals surface area contributed by atoms with E-state index in [1.54, 1.807) is 13.3 Å². The van der Waals surface area contributed by atoms with Crippen molar-refractivity contribution < 1.29 is 4.84 Å². The molecule has 0 fully saturated rings. The first-order valence-electron chi connectivity index (χ1n) is 8.00. The summed E-state index contributed by atoms with van der Waals surface area (Å²) in [7, 11) is 3.52. The molecule has 23 heavy (non-hydrogen) atoms. The Labute approximate surface area is 137 Å². The lowest BCUT2D eigenvalue weighted by Crippen LogP contribution is -2.26. The maximum absolute atomic E-state index is 4.84. The first-order valence-corrected chi connectivity index (χ1v) is 8.00. The van der Waals surface area contributed by atoms with Crippen LogP contribution in [0.3, 0.4) is 0 Å². The Morgan fingerprint density at radius 2 is 1.91 bits per heavy atom. The molecule has 5 nitrogen and oxygen atoms in total. The molecule has 0 N–H and O–H groups in total. The van der Waals surface area contributed by atoms with Gasteiger partial charge in [0.1, 0.15) is 7.11 Å². The van der Waals surface area contributed by atoms with E-state index < -0.39 is 0 Å². The molecule has 0 atom stereocenters. The number of anilines is 2. The average molecular weight is 312 g/mol. The highest BCUT2D eigenvalue weighted by Gasteiger charge is 2.27. The van der Waals surface area contributed by atoms with Crippen LogP contribution in [0.15, 0.2) is 17.3 Å². The number of aryl methyl sites for hydroxylation is 4. The monoisotopic (exact) mass is 312 g/mol. The molecule has 5 heteroatoms. The van der Waals surface area contributed by atoms with E-state index in [-0.39, 0.29) is 0 Å². The van der Waals surface area contributed by atoms with Crippen molar-refractivity contribution in [2.75, 3.05) is 18.6 Å². The fraction of sp³-hybridized carbons (Fsp3) is 0.444. The van der Waals surface area contributed by atoms with Crippen molar-refractivity contribution in [3.8, 4) is 0 Å². The lowest BCUT2D eigenvalue weighted by atomic mass is 10.00. The third kappa shape index (κ3) is 2.71. The molecule has 2 aromatic rings. The van der Waals surface area contributed by atoms with Gasteiger partial charge in [-0.25, -0.2) is 0 Å². The summed E-state index contributed by atoms with van der Waals surface area (Å²) in [4.78, 5) is 7.19. The van der Waals surface area contributed by atoms with Crippen LogP contribution < -0.4 is 4.90 Å². The first-order chi connectivity index (χ1) is 11.0. The van der Waals surface area contributed by atoms with Gasteiger partial charge >= 0.3 is 0 Å². The van der Waals surface area contributed by atoms with Crippen LogP contribution in [-0.4, -0.2) is 29.6 Å². The van der Waals surface area contributed by atoms with Crippen molar-refractivity contribution in [1.29, 1.82) is 0 Å². The van der Waals surface area contributed by atoms with Gasteiger partial charge in [0, 0.05) is 24.8 Å². The van der Waals surface area contributed by atoms with Gasteiger partial charge in [0.25, 0.3) is 0 Å². The minimum Gasteiger partial charge on any atom is -0.399 e. The molecule has 2 heterocycles.